The second-order valence-electron chi connectivity index (χ2n) is 5.24. The van der Waals surface area contributed by atoms with E-state index in [2.05, 4.69) is 0 Å². The number of carboxylic acid groups (broad SMARTS) is 1. The number of benzene rings is 1. The predicted octanol–water partition coefficient (Wildman–Crippen LogP) is 2.30. The molecule has 5 heteroatoms. The van der Waals surface area contributed by atoms with E-state index in [1.54, 1.807) is 19.1 Å². The van der Waals surface area contributed by atoms with Crippen molar-refractivity contribution in [1.82, 2.24) is 4.90 Å². The molecule has 0 spiro atoms. The molecule has 0 bridgehead atoms. The molecule has 5 nitrogen and oxygen atoms in total. The zero-order valence-electron chi connectivity index (χ0n) is 12.2. The molecule has 21 heavy (non-hydrogen) atoms. The minimum absolute atomic E-state index is 0.328. The lowest BCUT2D eigenvalue weighted by molar-refractivity contribution is -0.144. The van der Waals surface area contributed by atoms with Crippen LogP contribution in [0.15, 0.2) is 24.3 Å². The Morgan fingerprint density at radius 3 is 2.62 bits per heavy atom. The average Bonchev–Trinajstić information content (AvgIpc) is 2.48. The average molecular weight is 291 g/mol. The van der Waals surface area contributed by atoms with Gasteiger partial charge in [-0.15, -0.1) is 0 Å². The van der Waals surface area contributed by atoms with Crippen LogP contribution < -0.4 is 0 Å². The number of carbonyl (C=O) groups excluding carboxylic acids is 1. The van der Waals surface area contributed by atoms with Gasteiger partial charge in [-0.2, -0.15) is 0 Å². The fourth-order valence-corrected chi connectivity index (χ4v) is 2.66. The maximum atomic E-state index is 11.6. The smallest absolute Gasteiger partial charge is 0.338 e. The van der Waals surface area contributed by atoms with Crippen molar-refractivity contribution >= 4 is 11.9 Å². The lowest BCUT2D eigenvalue weighted by atomic mass is 10.0. The number of ether oxygens (including phenoxy) is 1. The minimum atomic E-state index is -0.752. The Kier molecular flexibility index (Phi) is 5.33. The van der Waals surface area contributed by atoms with Gasteiger partial charge in [0.25, 0.3) is 0 Å². The first-order valence-electron chi connectivity index (χ1n) is 7.34. The highest BCUT2D eigenvalue weighted by Gasteiger charge is 2.28. The maximum absolute atomic E-state index is 11.6. The van der Waals surface area contributed by atoms with Crippen LogP contribution in [0.3, 0.4) is 0 Å². The molecule has 1 unspecified atom stereocenters. The van der Waals surface area contributed by atoms with Crippen molar-refractivity contribution in [2.45, 2.75) is 38.8 Å². The molecular formula is C16H21NO4. The number of aliphatic carboxylic acids is 1. The number of esters is 1. The van der Waals surface area contributed by atoms with Gasteiger partial charge in [-0.05, 0) is 44.0 Å². The topological polar surface area (TPSA) is 66.8 Å². The molecule has 1 aromatic rings. The quantitative estimate of drug-likeness (QED) is 0.843. The van der Waals surface area contributed by atoms with Gasteiger partial charge in [-0.25, -0.2) is 4.79 Å². The minimum Gasteiger partial charge on any atom is -0.480 e. The third-order valence-corrected chi connectivity index (χ3v) is 3.75. The number of hydrogen-bond donors (Lipinski definition) is 1. The van der Waals surface area contributed by atoms with Crippen molar-refractivity contribution in [2.24, 2.45) is 0 Å². The van der Waals surface area contributed by atoms with Crippen LogP contribution in [0.5, 0.6) is 0 Å². The summed E-state index contributed by atoms with van der Waals surface area (Å²) in [6, 6.07) is 6.78. The predicted molar refractivity (Wildman–Crippen MR) is 78.1 cm³/mol. The molecule has 0 aliphatic carbocycles. The number of nitrogens with zero attached hydrogens (tertiary/aromatic N) is 1. The summed E-state index contributed by atoms with van der Waals surface area (Å²) in [5.74, 6) is -1.08. The third kappa shape index (κ3) is 4.04. The largest absolute Gasteiger partial charge is 0.480 e. The third-order valence-electron chi connectivity index (χ3n) is 3.75. The van der Waals surface area contributed by atoms with Crippen LogP contribution in [0.25, 0.3) is 0 Å². The highest BCUT2D eigenvalue weighted by molar-refractivity contribution is 5.89. The first-order chi connectivity index (χ1) is 10.1. The van der Waals surface area contributed by atoms with Crippen molar-refractivity contribution in [1.29, 1.82) is 0 Å². The fourth-order valence-electron chi connectivity index (χ4n) is 2.66. The summed E-state index contributed by atoms with van der Waals surface area (Å²) in [6.45, 7) is 3.53. The Bertz CT molecular complexity index is 498. The summed E-state index contributed by atoms with van der Waals surface area (Å²) in [6.07, 6.45) is 2.70. The molecule has 0 radical (unpaired) electrons. The monoisotopic (exact) mass is 291 g/mol. The molecule has 0 amide bonds. The zero-order chi connectivity index (χ0) is 15.2. The Balaban J connectivity index is 2.02. The summed E-state index contributed by atoms with van der Waals surface area (Å²) in [5.41, 5.74) is 1.53. The van der Waals surface area contributed by atoms with Crippen molar-refractivity contribution in [2.75, 3.05) is 13.2 Å². The summed E-state index contributed by atoms with van der Waals surface area (Å²) < 4.78 is 4.94. The lowest BCUT2D eigenvalue weighted by Gasteiger charge is -2.32. The van der Waals surface area contributed by atoms with Gasteiger partial charge in [0.15, 0.2) is 0 Å². The Morgan fingerprint density at radius 1 is 1.29 bits per heavy atom. The molecule has 1 aromatic carbocycles. The molecule has 1 aliphatic heterocycles. The van der Waals surface area contributed by atoms with Crippen LogP contribution in [-0.4, -0.2) is 41.1 Å². The Hall–Kier alpha value is -1.88. The number of rotatable bonds is 5. The molecule has 1 N–H and O–H groups in total. The second kappa shape index (κ2) is 7.22. The standard InChI is InChI=1S/C16H21NO4/c1-2-21-16(20)13-8-6-12(7-9-13)11-17-10-4-3-5-14(17)15(18)19/h6-9,14H,2-5,10-11H2,1H3,(H,18,19). The number of hydrogen-bond acceptors (Lipinski definition) is 4. The Labute approximate surface area is 124 Å². The molecular weight excluding hydrogens is 270 g/mol. The van der Waals surface area contributed by atoms with E-state index in [1.807, 2.05) is 17.0 Å². The van der Waals surface area contributed by atoms with E-state index >= 15 is 0 Å². The highest BCUT2D eigenvalue weighted by Crippen LogP contribution is 2.20. The highest BCUT2D eigenvalue weighted by atomic mass is 16.5. The zero-order valence-corrected chi connectivity index (χ0v) is 12.2. The van der Waals surface area contributed by atoms with E-state index < -0.39 is 12.0 Å². The molecule has 1 saturated heterocycles. The van der Waals surface area contributed by atoms with Gasteiger partial charge in [-0.3, -0.25) is 9.69 Å². The second-order valence-corrected chi connectivity index (χ2v) is 5.24. The number of likely N-dealkylation sites (tertiary alicyclic amines) is 1. The van der Waals surface area contributed by atoms with Crippen molar-refractivity contribution < 1.29 is 19.4 Å². The van der Waals surface area contributed by atoms with E-state index in [-0.39, 0.29) is 5.97 Å². The van der Waals surface area contributed by atoms with E-state index in [0.717, 1.165) is 24.9 Å². The van der Waals surface area contributed by atoms with Crippen molar-refractivity contribution in [3.8, 4) is 0 Å². The van der Waals surface area contributed by atoms with Gasteiger partial charge in [-0.1, -0.05) is 18.6 Å². The fraction of sp³-hybridized carbons (Fsp3) is 0.500. The number of carbonyl (C=O) groups is 2. The van der Waals surface area contributed by atoms with Crippen LogP contribution >= 0.6 is 0 Å². The summed E-state index contributed by atoms with van der Waals surface area (Å²) in [4.78, 5) is 24.8. The Morgan fingerprint density at radius 2 is 2.00 bits per heavy atom. The van der Waals surface area contributed by atoms with Crippen LogP contribution in [0.1, 0.15) is 42.1 Å². The van der Waals surface area contributed by atoms with Gasteiger partial charge in [0.2, 0.25) is 0 Å². The molecule has 1 fully saturated rings. The SMILES string of the molecule is CCOC(=O)c1ccc(CN2CCCCC2C(=O)O)cc1. The van der Waals surface area contributed by atoms with E-state index in [1.165, 1.54) is 0 Å². The first-order valence-corrected chi connectivity index (χ1v) is 7.34. The molecule has 0 saturated carbocycles. The van der Waals surface area contributed by atoms with Crippen molar-refractivity contribution in [3.63, 3.8) is 0 Å². The van der Waals surface area contributed by atoms with Crippen LogP contribution in [0, 0.1) is 0 Å². The van der Waals surface area contributed by atoms with E-state index in [0.29, 0.717) is 25.1 Å². The van der Waals surface area contributed by atoms with Gasteiger partial charge in [0.1, 0.15) is 6.04 Å². The van der Waals surface area contributed by atoms with E-state index in [4.69, 9.17) is 4.74 Å². The molecule has 114 valence electrons. The first kappa shape index (κ1) is 15.5. The van der Waals surface area contributed by atoms with Crippen LogP contribution in [0.2, 0.25) is 0 Å². The van der Waals surface area contributed by atoms with Crippen molar-refractivity contribution in [3.05, 3.63) is 35.4 Å². The molecule has 2 rings (SSSR count). The van der Waals surface area contributed by atoms with Gasteiger partial charge in [0, 0.05) is 6.54 Å². The van der Waals surface area contributed by atoms with Crippen LogP contribution in [0.4, 0.5) is 0 Å². The molecule has 0 aromatic heterocycles. The summed E-state index contributed by atoms with van der Waals surface area (Å²) in [5, 5.41) is 9.26. The van der Waals surface area contributed by atoms with Crippen LogP contribution in [-0.2, 0) is 16.1 Å². The lowest BCUT2D eigenvalue weighted by Crippen LogP contribution is -2.43. The molecule has 1 aliphatic rings. The van der Waals surface area contributed by atoms with E-state index in [9.17, 15) is 14.7 Å². The molecule has 1 atom stereocenters. The van der Waals surface area contributed by atoms with Gasteiger partial charge < -0.3 is 9.84 Å². The van der Waals surface area contributed by atoms with Gasteiger partial charge >= 0.3 is 11.9 Å². The van der Waals surface area contributed by atoms with Gasteiger partial charge in [0.05, 0.1) is 12.2 Å². The summed E-state index contributed by atoms with van der Waals surface area (Å²) >= 11 is 0. The molecule has 1 heterocycles. The number of carboxylic acids is 1. The summed E-state index contributed by atoms with van der Waals surface area (Å²) in [7, 11) is 0. The normalized spacial score (nSPS) is 19.2. The number of piperidine rings is 1. The maximum Gasteiger partial charge on any atom is 0.338 e.